The molecule has 3 N–H and O–H groups in total. The molecule has 0 radical (unpaired) electrons. The maximum Gasteiger partial charge on any atom is 0.408 e. The number of amides is 1. The average molecular weight is 610 g/mol. The Hall–Kier alpha value is -3.84. The summed E-state index contributed by atoms with van der Waals surface area (Å²) in [6, 6.07) is 26.6. The van der Waals surface area contributed by atoms with Crippen LogP contribution < -0.4 is 5.32 Å². The van der Waals surface area contributed by atoms with Gasteiger partial charge in [0.1, 0.15) is 31.0 Å². The SMILES string of the molecule is COC(=O)[C@@H](NC(=O)OCc1ccccc1)C(C)O[C@@H]1OC(CO)[C@@H](O)[C@H](OCc2ccccc2)C1OCc1ccccc1. The Kier molecular flexibility index (Phi) is 12.7. The molecule has 0 spiro atoms. The van der Waals surface area contributed by atoms with Crippen LogP contribution in [0.15, 0.2) is 91.0 Å². The second kappa shape index (κ2) is 16.9. The Bertz CT molecular complexity index is 1280. The Labute approximate surface area is 256 Å². The van der Waals surface area contributed by atoms with Gasteiger partial charge in [-0.3, -0.25) is 0 Å². The Morgan fingerprint density at radius 2 is 1.32 bits per heavy atom. The number of ether oxygens (including phenoxy) is 6. The monoisotopic (exact) mass is 609 g/mol. The number of carbonyl (C=O) groups is 2. The number of rotatable bonds is 14. The summed E-state index contributed by atoms with van der Waals surface area (Å²) in [4.78, 5) is 25.4. The molecule has 1 aliphatic heterocycles. The normalized spacial score (nSPS) is 22.9. The van der Waals surface area contributed by atoms with E-state index in [0.717, 1.165) is 16.7 Å². The van der Waals surface area contributed by atoms with Gasteiger partial charge in [-0.15, -0.1) is 0 Å². The van der Waals surface area contributed by atoms with Crippen LogP contribution in [0.5, 0.6) is 0 Å². The van der Waals surface area contributed by atoms with Crippen LogP contribution in [0.4, 0.5) is 4.79 Å². The lowest BCUT2D eigenvalue weighted by molar-refractivity contribution is -0.328. The van der Waals surface area contributed by atoms with Gasteiger partial charge in [0.2, 0.25) is 0 Å². The first-order valence-corrected chi connectivity index (χ1v) is 14.4. The van der Waals surface area contributed by atoms with E-state index >= 15 is 0 Å². The molecule has 1 heterocycles. The topological polar surface area (TPSA) is 142 Å². The fraction of sp³-hybridized carbons (Fsp3) is 0.394. The van der Waals surface area contributed by atoms with E-state index in [2.05, 4.69) is 5.32 Å². The summed E-state index contributed by atoms with van der Waals surface area (Å²) in [5, 5.41) is 23.7. The molecule has 1 saturated heterocycles. The molecule has 1 fully saturated rings. The van der Waals surface area contributed by atoms with Crippen molar-refractivity contribution in [2.75, 3.05) is 13.7 Å². The molecule has 0 aromatic heterocycles. The van der Waals surface area contributed by atoms with E-state index in [1.165, 1.54) is 7.11 Å². The fourth-order valence-electron chi connectivity index (χ4n) is 4.73. The molecule has 0 bridgehead atoms. The molecule has 11 nitrogen and oxygen atoms in total. The molecule has 11 heteroatoms. The third-order valence-electron chi connectivity index (χ3n) is 7.13. The smallest absolute Gasteiger partial charge is 0.408 e. The van der Waals surface area contributed by atoms with Crippen molar-refractivity contribution >= 4 is 12.1 Å². The minimum atomic E-state index is -1.29. The molecule has 0 saturated carbocycles. The van der Waals surface area contributed by atoms with Gasteiger partial charge in [0.25, 0.3) is 0 Å². The number of alkyl carbamates (subject to hydrolysis) is 1. The second-order valence-corrected chi connectivity index (χ2v) is 10.3. The quantitative estimate of drug-likeness (QED) is 0.234. The Balaban J connectivity index is 1.51. The van der Waals surface area contributed by atoms with Crippen LogP contribution in [-0.2, 0) is 53.0 Å². The predicted molar refractivity (Wildman–Crippen MR) is 158 cm³/mol. The van der Waals surface area contributed by atoms with Crippen molar-refractivity contribution in [2.45, 2.75) is 69.6 Å². The van der Waals surface area contributed by atoms with E-state index in [1.807, 2.05) is 78.9 Å². The number of aliphatic hydroxyl groups is 2. The molecule has 3 aromatic carbocycles. The predicted octanol–water partition coefficient (Wildman–Crippen LogP) is 3.11. The molecular weight excluding hydrogens is 570 g/mol. The van der Waals surface area contributed by atoms with Crippen LogP contribution in [0.25, 0.3) is 0 Å². The van der Waals surface area contributed by atoms with E-state index in [-0.39, 0.29) is 19.8 Å². The van der Waals surface area contributed by atoms with Gasteiger partial charge >= 0.3 is 12.1 Å². The lowest BCUT2D eigenvalue weighted by Crippen LogP contribution is -2.62. The van der Waals surface area contributed by atoms with Crippen LogP contribution >= 0.6 is 0 Å². The number of aliphatic hydroxyl groups excluding tert-OH is 2. The van der Waals surface area contributed by atoms with Crippen molar-refractivity contribution in [2.24, 2.45) is 0 Å². The summed E-state index contributed by atoms with van der Waals surface area (Å²) in [6.07, 6.45) is -7.42. The maximum absolute atomic E-state index is 12.7. The fourth-order valence-corrected chi connectivity index (χ4v) is 4.73. The molecule has 44 heavy (non-hydrogen) atoms. The van der Waals surface area contributed by atoms with E-state index < -0.39 is 61.5 Å². The van der Waals surface area contributed by atoms with Gasteiger partial charge in [0.15, 0.2) is 12.3 Å². The van der Waals surface area contributed by atoms with Crippen molar-refractivity contribution in [1.29, 1.82) is 0 Å². The molecule has 236 valence electrons. The van der Waals surface area contributed by atoms with Gasteiger partial charge in [-0.1, -0.05) is 91.0 Å². The van der Waals surface area contributed by atoms with Gasteiger partial charge in [0, 0.05) is 0 Å². The van der Waals surface area contributed by atoms with Gasteiger partial charge < -0.3 is 44.0 Å². The van der Waals surface area contributed by atoms with Crippen molar-refractivity contribution in [3.63, 3.8) is 0 Å². The number of benzene rings is 3. The van der Waals surface area contributed by atoms with E-state index in [4.69, 9.17) is 28.4 Å². The number of hydrogen-bond donors (Lipinski definition) is 3. The zero-order chi connectivity index (χ0) is 31.3. The van der Waals surface area contributed by atoms with Gasteiger partial charge in [0.05, 0.1) is 33.0 Å². The van der Waals surface area contributed by atoms with Crippen LogP contribution in [-0.4, -0.2) is 78.8 Å². The van der Waals surface area contributed by atoms with Crippen molar-refractivity contribution in [3.05, 3.63) is 108 Å². The van der Waals surface area contributed by atoms with Crippen LogP contribution in [0, 0.1) is 0 Å². The molecular formula is C33H39NO10. The summed E-state index contributed by atoms with van der Waals surface area (Å²) < 4.78 is 34.7. The summed E-state index contributed by atoms with van der Waals surface area (Å²) in [5.74, 6) is -0.776. The number of esters is 1. The molecule has 1 aliphatic rings. The van der Waals surface area contributed by atoms with Crippen LogP contribution in [0.2, 0.25) is 0 Å². The standard InChI is InChI=1S/C33H39NO10/c1-22(27(31(37)39-2)34-33(38)42-21-25-16-10-5-11-17-25)43-32-30(41-20-24-14-8-4-9-15-24)29(28(36)26(18-35)44-32)40-19-23-12-6-3-7-13-23/h3-17,22,26-30,32,35-36H,18-21H2,1-2H3,(H,34,38)/t22?,26?,27-,28+,29-,30?,32+/m0/s1. The van der Waals surface area contributed by atoms with Gasteiger partial charge in [-0.25, -0.2) is 9.59 Å². The first-order valence-electron chi connectivity index (χ1n) is 14.4. The first-order chi connectivity index (χ1) is 21.4. The molecule has 7 atom stereocenters. The highest BCUT2D eigenvalue weighted by atomic mass is 16.7. The second-order valence-electron chi connectivity index (χ2n) is 10.3. The minimum absolute atomic E-state index is 0.00651. The number of nitrogens with one attached hydrogen (secondary N) is 1. The number of carbonyl (C=O) groups excluding carboxylic acids is 2. The summed E-state index contributed by atoms with van der Waals surface area (Å²) in [6.45, 7) is 1.29. The third-order valence-corrected chi connectivity index (χ3v) is 7.13. The molecule has 4 rings (SSSR count). The summed E-state index contributed by atoms with van der Waals surface area (Å²) >= 11 is 0. The number of methoxy groups -OCH3 is 1. The minimum Gasteiger partial charge on any atom is -0.467 e. The highest BCUT2D eigenvalue weighted by Crippen LogP contribution is 2.29. The van der Waals surface area contributed by atoms with Gasteiger partial charge in [-0.2, -0.15) is 0 Å². The lowest BCUT2D eigenvalue weighted by atomic mass is 9.98. The van der Waals surface area contributed by atoms with Crippen LogP contribution in [0.3, 0.4) is 0 Å². The largest absolute Gasteiger partial charge is 0.467 e. The molecule has 1 amide bonds. The van der Waals surface area contributed by atoms with E-state index in [0.29, 0.717) is 0 Å². The molecule has 3 aromatic rings. The average Bonchev–Trinajstić information content (AvgIpc) is 3.06. The molecule has 0 aliphatic carbocycles. The van der Waals surface area contributed by atoms with E-state index in [9.17, 15) is 19.8 Å². The zero-order valence-electron chi connectivity index (χ0n) is 24.7. The van der Waals surface area contributed by atoms with E-state index in [1.54, 1.807) is 19.1 Å². The summed E-state index contributed by atoms with van der Waals surface area (Å²) in [7, 11) is 1.19. The number of hydrogen-bond acceptors (Lipinski definition) is 10. The summed E-state index contributed by atoms with van der Waals surface area (Å²) in [5.41, 5.74) is 2.49. The molecule has 3 unspecified atom stereocenters. The Morgan fingerprint density at radius 3 is 1.82 bits per heavy atom. The van der Waals surface area contributed by atoms with Crippen molar-refractivity contribution < 1.29 is 48.2 Å². The first kappa shape index (κ1) is 33.1. The lowest BCUT2D eigenvalue weighted by Gasteiger charge is -2.44. The highest BCUT2D eigenvalue weighted by molar-refractivity contribution is 5.81. The van der Waals surface area contributed by atoms with Crippen molar-refractivity contribution in [1.82, 2.24) is 5.32 Å². The Morgan fingerprint density at radius 1 is 0.818 bits per heavy atom. The van der Waals surface area contributed by atoms with Crippen LogP contribution in [0.1, 0.15) is 23.6 Å². The van der Waals surface area contributed by atoms with Gasteiger partial charge in [-0.05, 0) is 23.6 Å². The maximum atomic E-state index is 12.7. The van der Waals surface area contributed by atoms with Crippen molar-refractivity contribution in [3.8, 4) is 0 Å². The highest BCUT2D eigenvalue weighted by Gasteiger charge is 2.48. The third kappa shape index (κ3) is 9.33. The zero-order valence-corrected chi connectivity index (χ0v) is 24.7.